The maximum atomic E-state index is 13.9. The summed E-state index contributed by atoms with van der Waals surface area (Å²) >= 11 is 6.05. The van der Waals surface area contributed by atoms with E-state index in [0.717, 1.165) is 4.90 Å². The molecule has 9 heteroatoms. The second-order valence-corrected chi connectivity index (χ2v) is 9.71. The Morgan fingerprint density at radius 3 is 2.03 bits per heavy atom. The summed E-state index contributed by atoms with van der Waals surface area (Å²) in [6.45, 7) is 1.37. The molecule has 1 aliphatic carbocycles. The Bertz CT molecular complexity index is 1480. The molecule has 3 aliphatic rings. The molecular weight excluding hydrogens is 496 g/mol. The van der Waals surface area contributed by atoms with Crippen molar-refractivity contribution >= 4 is 52.3 Å². The van der Waals surface area contributed by atoms with Crippen LogP contribution >= 0.6 is 11.6 Å². The fourth-order valence-corrected chi connectivity index (χ4v) is 5.75. The van der Waals surface area contributed by atoms with E-state index >= 15 is 0 Å². The monoisotopic (exact) mass is 514 g/mol. The average molecular weight is 515 g/mol. The Balaban J connectivity index is 1.48. The lowest BCUT2D eigenvalue weighted by atomic mass is 9.77. The first-order valence-electron chi connectivity index (χ1n) is 11.6. The molecule has 0 saturated carbocycles. The zero-order valence-electron chi connectivity index (χ0n) is 19.4. The number of amides is 3. The van der Waals surface area contributed by atoms with Crippen molar-refractivity contribution in [1.29, 1.82) is 0 Å². The highest BCUT2D eigenvalue weighted by Crippen LogP contribution is 2.57. The number of hydrogen-bond acceptors (Lipinski definition) is 6. The number of halogens is 1. The van der Waals surface area contributed by atoms with E-state index in [2.05, 4.69) is 5.32 Å². The van der Waals surface area contributed by atoms with E-state index in [0.29, 0.717) is 16.3 Å². The number of hydrogen-bond donors (Lipinski definition) is 1. The SMILES string of the molecule is CC(=O)Nc1ccc(N2C(=O)[C@@H]3[C@@H](C2=O)C2(O[C@H]3c3ccc(Cl)cc3)C(=O)c3ccccc3C2=O)cc1. The Labute approximate surface area is 216 Å². The molecule has 6 rings (SSSR count). The van der Waals surface area contributed by atoms with E-state index in [1.54, 1.807) is 48.5 Å². The standard InChI is InChI=1S/C28H19ClN2O6/c1-14(32)30-17-10-12-18(13-11-17)31-26(35)21-22(27(31)36)28(37-23(21)15-6-8-16(29)9-7-15)24(33)19-4-2-3-5-20(19)25(28)34/h2-13,21-23H,1H3,(H,30,32)/t21-,22+,23+/m1/s1. The molecule has 0 radical (unpaired) electrons. The van der Waals surface area contributed by atoms with Crippen LogP contribution in [0.15, 0.2) is 72.8 Å². The molecule has 3 aromatic carbocycles. The quantitative estimate of drug-likeness (QED) is 0.418. The first-order valence-corrected chi connectivity index (χ1v) is 12.0. The molecule has 0 aromatic heterocycles. The van der Waals surface area contributed by atoms with Crippen LogP contribution in [0.2, 0.25) is 5.02 Å². The molecule has 2 saturated heterocycles. The minimum Gasteiger partial charge on any atom is -0.349 e. The molecule has 1 spiro atoms. The topological polar surface area (TPSA) is 110 Å². The second-order valence-electron chi connectivity index (χ2n) is 9.27. The molecule has 0 bridgehead atoms. The van der Waals surface area contributed by atoms with Crippen molar-refractivity contribution in [3.8, 4) is 0 Å². The third kappa shape index (κ3) is 3.22. The zero-order valence-corrected chi connectivity index (χ0v) is 20.2. The van der Waals surface area contributed by atoms with E-state index in [1.807, 2.05) is 0 Å². The number of rotatable bonds is 3. The van der Waals surface area contributed by atoms with E-state index in [4.69, 9.17) is 16.3 Å². The van der Waals surface area contributed by atoms with Crippen LogP contribution in [0.4, 0.5) is 11.4 Å². The number of carbonyl (C=O) groups is 5. The summed E-state index contributed by atoms with van der Waals surface area (Å²) in [7, 11) is 0. The van der Waals surface area contributed by atoms with Crippen molar-refractivity contribution in [1.82, 2.24) is 0 Å². The molecule has 2 heterocycles. The fraction of sp³-hybridized carbons (Fsp3) is 0.179. The molecule has 2 fully saturated rings. The number of ketones is 2. The molecule has 8 nitrogen and oxygen atoms in total. The highest BCUT2D eigenvalue weighted by molar-refractivity contribution is 6.37. The van der Waals surface area contributed by atoms with E-state index < -0.39 is 46.9 Å². The van der Waals surface area contributed by atoms with Gasteiger partial charge in [0, 0.05) is 28.8 Å². The number of Topliss-reactive ketones (excluding diaryl/α,β-unsaturated/α-hetero) is 2. The second kappa shape index (κ2) is 8.19. The van der Waals surface area contributed by atoms with Gasteiger partial charge in [0.2, 0.25) is 34.9 Å². The molecule has 1 N–H and O–H groups in total. The van der Waals surface area contributed by atoms with Gasteiger partial charge in [-0.1, -0.05) is 48.0 Å². The van der Waals surface area contributed by atoms with Crippen molar-refractivity contribution < 1.29 is 28.7 Å². The summed E-state index contributed by atoms with van der Waals surface area (Å²) in [4.78, 5) is 67.7. The lowest BCUT2D eigenvalue weighted by molar-refractivity contribution is -0.127. The number of nitrogens with one attached hydrogen (secondary N) is 1. The van der Waals surface area contributed by atoms with Crippen LogP contribution < -0.4 is 10.2 Å². The van der Waals surface area contributed by atoms with Crippen LogP contribution in [0.5, 0.6) is 0 Å². The van der Waals surface area contributed by atoms with Crippen molar-refractivity contribution in [2.45, 2.75) is 18.6 Å². The van der Waals surface area contributed by atoms with Crippen LogP contribution in [0, 0.1) is 11.8 Å². The molecular formula is C28H19ClN2O6. The summed E-state index contributed by atoms with van der Waals surface area (Å²) in [5.41, 5.74) is -0.527. The predicted molar refractivity (Wildman–Crippen MR) is 133 cm³/mol. The van der Waals surface area contributed by atoms with Crippen molar-refractivity contribution in [3.63, 3.8) is 0 Å². The Morgan fingerprint density at radius 2 is 1.46 bits per heavy atom. The van der Waals surface area contributed by atoms with Crippen molar-refractivity contribution in [3.05, 3.63) is 94.5 Å². The highest BCUT2D eigenvalue weighted by atomic mass is 35.5. The van der Waals surface area contributed by atoms with Crippen LogP contribution in [0.25, 0.3) is 0 Å². The zero-order chi connectivity index (χ0) is 26.1. The minimum absolute atomic E-state index is 0.168. The number of imide groups is 1. The van der Waals surface area contributed by atoms with Gasteiger partial charge in [0.1, 0.15) is 0 Å². The maximum absolute atomic E-state index is 13.9. The minimum atomic E-state index is -2.14. The molecule has 0 unspecified atom stereocenters. The van der Waals surface area contributed by atoms with Gasteiger partial charge >= 0.3 is 0 Å². The van der Waals surface area contributed by atoms with Gasteiger partial charge < -0.3 is 10.1 Å². The third-order valence-electron chi connectivity index (χ3n) is 7.16. The van der Waals surface area contributed by atoms with Gasteiger partial charge in [0.15, 0.2) is 0 Å². The van der Waals surface area contributed by atoms with Gasteiger partial charge in [-0.2, -0.15) is 0 Å². The Kier molecular flexibility index (Phi) is 5.15. The maximum Gasteiger partial charge on any atom is 0.241 e. The molecule has 3 amide bonds. The first kappa shape index (κ1) is 23.3. The van der Waals surface area contributed by atoms with Gasteiger partial charge in [0.05, 0.1) is 23.6 Å². The first-order chi connectivity index (χ1) is 17.7. The summed E-state index contributed by atoms with van der Waals surface area (Å²) in [6, 6.07) is 19.1. The summed E-state index contributed by atoms with van der Waals surface area (Å²) < 4.78 is 6.24. The molecule has 3 aromatic rings. The number of benzene rings is 3. The number of fused-ring (bicyclic) bond motifs is 3. The Hall–Kier alpha value is -4.14. The Morgan fingerprint density at radius 1 is 0.865 bits per heavy atom. The van der Waals surface area contributed by atoms with Gasteiger partial charge in [-0.25, -0.2) is 4.90 Å². The van der Waals surface area contributed by atoms with E-state index in [1.165, 1.54) is 31.2 Å². The van der Waals surface area contributed by atoms with Crippen molar-refractivity contribution in [2.75, 3.05) is 10.2 Å². The number of carbonyl (C=O) groups excluding carboxylic acids is 5. The summed E-state index contributed by atoms with van der Waals surface area (Å²) in [6.07, 6.45) is -1.02. The van der Waals surface area contributed by atoms with Gasteiger partial charge in [-0.05, 0) is 42.0 Å². The highest BCUT2D eigenvalue weighted by Gasteiger charge is 2.74. The summed E-state index contributed by atoms with van der Waals surface area (Å²) in [5, 5.41) is 3.09. The molecule has 37 heavy (non-hydrogen) atoms. The summed E-state index contributed by atoms with van der Waals surface area (Å²) in [5.74, 6) is -5.22. The normalized spacial score (nSPS) is 23.5. The number of ether oxygens (including phenoxy) is 1. The van der Waals surface area contributed by atoms with Crippen LogP contribution in [-0.2, 0) is 19.1 Å². The largest absolute Gasteiger partial charge is 0.349 e. The predicted octanol–water partition coefficient (Wildman–Crippen LogP) is 3.99. The smallest absolute Gasteiger partial charge is 0.241 e. The third-order valence-corrected chi connectivity index (χ3v) is 7.42. The molecule has 2 aliphatic heterocycles. The lowest BCUT2D eigenvalue weighted by Crippen LogP contribution is -2.51. The number of anilines is 2. The van der Waals surface area contributed by atoms with Gasteiger partial charge in [0.25, 0.3) is 0 Å². The lowest BCUT2D eigenvalue weighted by Gasteiger charge is -2.27. The van der Waals surface area contributed by atoms with Crippen LogP contribution in [0.1, 0.15) is 39.3 Å². The van der Waals surface area contributed by atoms with Crippen molar-refractivity contribution in [2.24, 2.45) is 11.8 Å². The number of nitrogens with zero attached hydrogens (tertiary/aromatic N) is 1. The molecule has 3 atom stereocenters. The molecule has 184 valence electrons. The van der Waals surface area contributed by atoms with Crippen LogP contribution in [-0.4, -0.2) is 34.9 Å². The van der Waals surface area contributed by atoms with E-state index in [9.17, 15) is 24.0 Å². The van der Waals surface area contributed by atoms with Crippen LogP contribution in [0.3, 0.4) is 0 Å². The van der Waals surface area contributed by atoms with Gasteiger partial charge in [-0.3, -0.25) is 24.0 Å². The fourth-order valence-electron chi connectivity index (χ4n) is 5.62. The van der Waals surface area contributed by atoms with Gasteiger partial charge in [-0.15, -0.1) is 0 Å². The van der Waals surface area contributed by atoms with E-state index in [-0.39, 0.29) is 22.7 Å². The average Bonchev–Trinajstić information content (AvgIpc) is 3.45.